The minimum atomic E-state index is -5.03. The van der Waals surface area contributed by atoms with Gasteiger partial charge in [-0.25, -0.2) is 22.7 Å². The van der Waals surface area contributed by atoms with Gasteiger partial charge in [-0.1, -0.05) is 0 Å². The minimum Gasteiger partial charge on any atom is -0.406 e. The van der Waals surface area contributed by atoms with Crippen LogP contribution in [0.3, 0.4) is 0 Å². The van der Waals surface area contributed by atoms with Crippen molar-refractivity contribution < 1.29 is 40.7 Å². The van der Waals surface area contributed by atoms with Crippen LogP contribution in [0.5, 0.6) is 5.75 Å². The summed E-state index contributed by atoms with van der Waals surface area (Å²) < 4.78 is 86.8. The van der Waals surface area contributed by atoms with E-state index in [1.54, 1.807) is 0 Å². The molecule has 0 aliphatic rings. The van der Waals surface area contributed by atoms with Crippen molar-refractivity contribution in [2.24, 2.45) is 0 Å². The third-order valence-electron chi connectivity index (χ3n) is 5.23. The minimum absolute atomic E-state index is 0.00748. The summed E-state index contributed by atoms with van der Waals surface area (Å²) in [5, 5.41) is 8.83. The lowest BCUT2D eigenvalue weighted by Crippen LogP contribution is -2.29. The highest BCUT2D eigenvalue weighted by atomic mass is 19.4. The molecule has 4 rings (SSSR count). The van der Waals surface area contributed by atoms with Crippen molar-refractivity contribution in [1.29, 1.82) is 0 Å². The topological polar surface area (TPSA) is 97.6 Å². The SMILES string of the molecule is CC(=O)Nc1cn2nc(-c3ccc(F)c(C(=O)NC(C)c4cc(OC(F)(F)F)ccc4F)c3F)ccc2n1. The maximum atomic E-state index is 15.4. The zero-order chi connectivity index (χ0) is 27.8. The summed E-state index contributed by atoms with van der Waals surface area (Å²) in [4.78, 5) is 28.1. The molecule has 0 aliphatic carbocycles. The largest absolute Gasteiger partial charge is 0.573 e. The molecule has 0 saturated carbocycles. The van der Waals surface area contributed by atoms with Gasteiger partial charge in [0.2, 0.25) is 5.91 Å². The summed E-state index contributed by atoms with van der Waals surface area (Å²) in [5.74, 6) is -5.70. The Balaban J connectivity index is 1.63. The molecule has 0 bridgehead atoms. The van der Waals surface area contributed by atoms with Crippen molar-refractivity contribution in [1.82, 2.24) is 19.9 Å². The number of fused-ring (bicyclic) bond motifs is 1. The Bertz CT molecular complexity index is 1550. The molecule has 2 aromatic heterocycles. The van der Waals surface area contributed by atoms with Gasteiger partial charge in [-0.15, -0.1) is 13.2 Å². The Morgan fingerprint density at radius 1 is 1.03 bits per heavy atom. The predicted octanol–water partition coefficient (Wildman–Crippen LogP) is 5.16. The number of imidazole rings is 1. The Labute approximate surface area is 210 Å². The second-order valence-electron chi connectivity index (χ2n) is 8.04. The summed E-state index contributed by atoms with van der Waals surface area (Å²) in [6, 6.07) is 5.58. The van der Waals surface area contributed by atoms with Crippen molar-refractivity contribution >= 4 is 23.3 Å². The quantitative estimate of drug-likeness (QED) is 0.331. The third-order valence-corrected chi connectivity index (χ3v) is 5.23. The first-order valence-corrected chi connectivity index (χ1v) is 10.8. The van der Waals surface area contributed by atoms with Crippen LogP contribution in [0.2, 0.25) is 0 Å². The molecule has 0 fully saturated rings. The highest BCUT2D eigenvalue weighted by Crippen LogP contribution is 2.29. The zero-order valence-electron chi connectivity index (χ0n) is 19.5. The predicted molar refractivity (Wildman–Crippen MR) is 122 cm³/mol. The van der Waals surface area contributed by atoms with E-state index in [0.717, 1.165) is 24.3 Å². The lowest BCUT2D eigenvalue weighted by Gasteiger charge is -2.18. The lowest BCUT2D eigenvalue weighted by molar-refractivity contribution is -0.274. The van der Waals surface area contributed by atoms with Gasteiger partial charge in [-0.3, -0.25) is 9.59 Å². The highest BCUT2D eigenvalue weighted by Gasteiger charge is 2.32. The summed E-state index contributed by atoms with van der Waals surface area (Å²) in [6.07, 6.45) is -3.67. The fourth-order valence-corrected chi connectivity index (χ4v) is 3.62. The van der Waals surface area contributed by atoms with Crippen LogP contribution < -0.4 is 15.4 Å². The van der Waals surface area contributed by atoms with Crippen molar-refractivity contribution in [2.45, 2.75) is 26.3 Å². The van der Waals surface area contributed by atoms with Crippen LogP contribution in [0.25, 0.3) is 16.9 Å². The van der Waals surface area contributed by atoms with Gasteiger partial charge in [0, 0.05) is 18.1 Å². The number of carbonyl (C=O) groups excluding carboxylic acids is 2. The molecular weight excluding hydrogens is 520 g/mol. The van der Waals surface area contributed by atoms with Crippen LogP contribution in [0.1, 0.15) is 35.8 Å². The Hall–Kier alpha value is -4.62. The number of ether oxygens (including phenoxy) is 1. The van der Waals surface area contributed by atoms with Crippen molar-refractivity contribution in [2.75, 3.05) is 5.32 Å². The van der Waals surface area contributed by atoms with Gasteiger partial charge in [0.05, 0.1) is 17.9 Å². The number of anilines is 1. The van der Waals surface area contributed by atoms with Crippen molar-refractivity contribution in [3.8, 4) is 17.0 Å². The number of amides is 2. The number of benzene rings is 2. The molecular formula is C24H17F6N5O3. The molecule has 198 valence electrons. The van der Waals surface area contributed by atoms with Crippen LogP contribution in [0.4, 0.5) is 32.2 Å². The van der Waals surface area contributed by atoms with E-state index < -0.39 is 52.6 Å². The van der Waals surface area contributed by atoms with Gasteiger partial charge < -0.3 is 15.4 Å². The number of aromatic nitrogens is 3. The maximum absolute atomic E-state index is 15.4. The Morgan fingerprint density at radius 2 is 1.74 bits per heavy atom. The number of nitrogens with zero attached hydrogens (tertiary/aromatic N) is 3. The van der Waals surface area contributed by atoms with Gasteiger partial charge in [0.25, 0.3) is 5.91 Å². The van der Waals surface area contributed by atoms with E-state index in [9.17, 15) is 31.5 Å². The second-order valence-corrected chi connectivity index (χ2v) is 8.04. The average Bonchev–Trinajstić information content (AvgIpc) is 3.20. The molecule has 0 saturated heterocycles. The summed E-state index contributed by atoms with van der Waals surface area (Å²) in [5.41, 5.74) is -1.37. The number of rotatable bonds is 6. The normalized spacial score (nSPS) is 12.3. The highest BCUT2D eigenvalue weighted by molar-refractivity contribution is 5.96. The smallest absolute Gasteiger partial charge is 0.406 e. The van der Waals surface area contributed by atoms with E-state index in [4.69, 9.17) is 0 Å². The van der Waals surface area contributed by atoms with Crippen molar-refractivity contribution in [3.63, 3.8) is 0 Å². The van der Waals surface area contributed by atoms with Gasteiger partial charge >= 0.3 is 6.36 Å². The monoisotopic (exact) mass is 537 g/mol. The van der Waals surface area contributed by atoms with E-state index >= 15 is 4.39 Å². The number of nitrogens with one attached hydrogen (secondary N) is 2. The molecule has 0 aliphatic heterocycles. The van der Waals surface area contributed by atoms with E-state index in [1.165, 1.54) is 36.7 Å². The summed E-state index contributed by atoms with van der Waals surface area (Å²) in [6.45, 7) is 2.50. The van der Waals surface area contributed by atoms with Gasteiger partial charge in [0.15, 0.2) is 11.5 Å². The Morgan fingerprint density at radius 3 is 2.42 bits per heavy atom. The van der Waals surface area contributed by atoms with Crippen LogP contribution in [0, 0.1) is 17.5 Å². The fourth-order valence-electron chi connectivity index (χ4n) is 3.62. The van der Waals surface area contributed by atoms with Gasteiger partial charge in [-0.05, 0) is 49.4 Å². The molecule has 2 amide bonds. The maximum Gasteiger partial charge on any atom is 0.573 e. The molecule has 4 aromatic rings. The van der Waals surface area contributed by atoms with E-state index in [2.05, 4.69) is 25.5 Å². The van der Waals surface area contributed by atoms with Crippen LogP contribution in [-0.4, -0.2) is 32.8 Å². The number of hydrogen-bond acceptors (Lipinski definition) is 5. The molecule has 0 radical (unpaired) electrons. The molecule has 38 heavy (non-hydrogen) atoms. The first-order chi connectivity index (χ1) is 17.8. The number of alkyl halides is 3. The summed E-state index contributed by atoms with van der Waals surface area (Å²) >= 11 is 0. The van der Waals surface area contributed by atoms with Crippen LogP contribution in [0.15, 0.2) is 48.7 Å². The van der Waals surface area contributed by atoms with Crippen LogP contribution >= 0.6 is 0 Å². The number of halogens is 6. The zero-order valence-corrected chi connectivity index (χ0v) is 19.5. The molecule has 14 heteroatoms. The average molecular weight is 537 g/mol. The molecule has 2 heterocycles. The van der Waals surface area contributed by atoms with Crippen molar-refractivity contribution in [3.05, 3.63) is 77.2 Å². The second kappa shape index (κ2) is 10.0. The molecule has 0 spiro atoms. The standard InChI is InChI=1S/C24H17F6N5O3/c1-11(15-9-13(3-5-16(15)25)38-24(28,29)30)31-23(37)21-17(26)6-4-14(22(21)27)18-7-8-20-33-19(32-12(2)36)10-35(20)34-18/h3-11H,1-2H3,(H,31,37)(H,32,36). The number of hydrogen-bond donors (Lipinski definition) is 2. The van der Waals surface area contributed by atoms with E-state index in [0.29, 0.717) is 11.7 Å². The van der Waals surface area contributed by atoms with Gasteiger partial charge in [-0.2, -0.15) is 5.10 Å². The molecule has 2 aromatic carbocycles. The van der Waals surface area contributed by atoms with E-state index in [-0.39, 0.29) is 23.0 Å². The summed E-state index contributed by atoms with van der Waals surface area (Å²) in [7, 11) is 0. The molecule has 2 N–H and O–H groups in total. The number of carbonyl (C=O) groups is 2. The molecule has 8 nitrogen and oxygen atoms in total. The first-order valence-electron chi connectivity index (χ1n) is 10.8. The molecule has 1 unspecified atom stereocenters. The van der Waals surface area contributed by atoms with Gasteiger partial charge in [0.1, 0.15) is 28.8 Å². The van der Waals surface area contributed by atoms with E-state index in [1.807, 2.05) is 0 Å². The first kappa shape index (κ1) is 26.4. The fraction of sp³-hybridized carbons (Fsp3) is 0.167. The molecule has 1 atom stereocenters. The Kier molecular flexibility index (Phi) is 6.98. The van der Waals surface area contributed by atoms with Crippen LogP contribution in [-0.2, 0) is 4.79 Å². The third kappa shape index (κ3) is 5.68. The lowest BCUT2D eigenvalue weighted by atomic mass is 10.0.